The average molecular weight is 312 g/mol. The van der Waals surface area contributed by atoms with Gasteiger partial charge in [-0.3, -0.25) is 19.3 Å². The van der Waals surface area contributed by atoms with Crippen molar-refractivity contribution in [1.29, 1.82) is 0 Å². The van der Waals surface area contributed by atoms with Crippen molar-refractivity contribution in [3.8, 4) is 0 Å². The highest BCUT2D eigenvalue weighted by Crippen LogP contribution is 2.24. The zero-order valence-corrected chi connectivity index (χ0v) is 12.4. The van der Waals surface area contributed by atoms with E-state index >= 15 is 0 Å². The summed E-state index contributed by atoms with van der Waals surface area (Å²) in [5.41, 5.74) is 1.12. The molecule has 1 fully saturated rings. The van der Waals surface area contributed by atoms with Gasteiger partial charge in [0.25, 0.3) is 5.91 Å². The third kappa shape index (κ3) is 2.67. The van der Waals surface area contributed by atoms with Gasteiger partial charge in [-0.1, -0.05) is 0 Å². The predicted octanol–water partition coefficient (Wildman–Crippen LogP) is 0.149. The van der Waals surface area contributed by atoms with Crippen molar-refractivity contribution >= 4 is 11.8 Å². The van der Waals surface area contributed by atoms with E-state index in [1.165, 1.54) is 18.6 Å². The summed E-state index contributed by atoms with van der Waals surface area (Å²) in [6.45, 7) is 0.686. The number of carbonyl (C=O) groups excluding carboxylic acids is 2. The largest absolute Gasteiger partial charge is 0.351 e. The second-order valence-corrected chi connectivity index (χ2v) is 5.84. The number of aromatic nitrogens is 4. The molecule has 1 N–H and O–H groups in total. The molecule has 1 atom stereocenters. The summed E-state index contributed by atoms with van der Waals surface area (Å²) in [6.07, 6.45) is 8.14. The number of fused-ring (bicyclic) bond motifs is 1. The highest BCUT2D eigenvalue weighted by molar-refractivity contribution is 5.92. The molecule has 3 heterocycles. The van der Waals surface area contributed by atoms with Crippen LogP contribution in [0, 0.1) is 0 Å². The van der Waals surface area contributed by atoms with Crippen LogP contribution in [0.4, 0.5) is 0 Å². The molecular weight excluding hydrogens is 296 g/mol. The van der Waals surface area contributed by atoms with Crippen LogP contribution < -0.4 is 5.32 Å². The normalized spacial score (nSPS) is 20.0. The quantitative estimate of drug-likeness (QED) is 0.871. The Morgan fingerprint density at radius 2 is 2.09 bits per heavy atom. The molecular formula is C15H16N6O2. The molecule has 2 aromatic heterocycles. The Labute approximate surface area is 132 Å². The zero-order chi connectivity index (χ0) is 15.8. The highest BCUT2D eigenvalue weighted by Gasteiger charge is 2.36. The Morgan fingerprint density at radius 3 is 2.83 bits per heavy atom. The second kappa shape index (κ2) is 5.45. The van der Waals surface area contributed by atoms with Crippen molar-refractivity contribution in [1.82, 2.24) is 30.0 Å². The van der Waals surface area contributed by atoms with E-state index in [1.807, 2.05) is 6.07 Å². The minimum atomic E-state index is -0.505. The fourth-order valence-corrected chi connectivity index (χ4v) is 2.74. The fourth-order valence-electron chi connectivity index (χ4n) is 2.74. The van der Waals surface area contributed by atoms with Gasteiger partial charge >= 0.3 is 0 Å². The first-order valence-electron chi connectivity index (χ1n) is 7.60. The average Bonchev–Trinajstić information content (AvgIpc) is 3.27. The monoisotopic (exact) mass is 312 g/mol. The Kier molecular flexibility index (Phi) is 3.29. The number of hydrogen-bond donors (Lipinski definition) is 1. The van der Waals surface area contributed by atoms with Gasteiger partial charge in [-0.2, -0.15) is 5.10 Å². The van der Waals surface area contributed by atoms with Gasteiger partial charge in [0.2, 0.25) is 5.91 Å². The first kappa shape index (κ1) is 13.9. The molecule has 0 bridgehead atoms. The molecule has 1 saturated carbocycles. The lowest BCUT2D eigenvalue weighted by Crippen LogP contribution is -2.47. The fraction of sp³-hybridized carbons (Fsp3) is 0.400. The van der Waals surface area contributed by atoms with Crippen LogP contribution in [-0.2, 0) is 11.3 Å². The Morgan fingerprint density at radius 1 is 1.22 bits per heavy atom. The summed E-state index contributed by atoms with van der Waals surface area (Å²) in [6, 6.07) is 1.59. The Balaban J connectivity index is 1.59. The van der Waals surface area contributed by atoms with Crippen molar-refractivity contribution in [3.63, 3.8) is 0 Å². The van der Waals surface area contributed by atoms with Gasteiger partial charge in [0, 0.05) is 24.6 Å². The van der Waals surface area contributed by atoms with Crippen molar-refractivity contribution in [2.24, 2.45) is 0 Å². The molecule has 8 heteroatoms. The van der Waals surface area contributed by atoms with Crippen LogP contribution >= 0.6 is 0 Å². The van der Waals surface area contributed by atoms with Gasteiger partial charge < -0.3 is 10.2 Å². The van der Waals surface area contributed by atoms with Crippen molar-refractivity contribution in [2.45, 2.75) is 31.5 Å². The molecule has 2 amide bonds. The molecule has 8 nitrogen and oxygen atoms in total. The van der Waals surface area contributed by atoms with Crippen LogP contribution in [0.5, 0.6) is 0 Å². The standard InChI is InChI=1S/C15H16N6O2/c22-14(19-10-1-2-10)13-9-20(8-11-3-4-18-21(11)13)15(23)12-7-16-5-6-17-12/h3-7,10,13H,1-2,8-9H2,(H,19,22)/t13-/m0/s1. The van der Waals surface area contributed by atoms with Gasteiger partial charge in [0.15, 0.2) is 0 Å². The second-order valence-electron chi connectivity index (χ2n) is 5.84. The lowest BCUT2D eigenvalue weighted by molar-refractivity contribution is -0.125. The summed E-state index contributed by atoms with van der Waals surface area (Å²) in [5, 5.41) is 7.23. The summed E-state index contributed by atoms with van der Waals surface area (Å²) >= 11 is 0. The minimum absolute atomic E-state index is 0.0888. The van der Waals surface area contributed by atoms with E-state index in [2.05, 4.69) is 20.4 Å². The summed E-state index contributed by atoms with van der Waals surface area (Å²) in [5.74, 6) is -0.316. The van der Waals surface area contributed by atoms with Crippen molar-refractivity contribution in [2.75, 3.05) is 6.54 Å². The van der Waals surface area contributed by atoms with Crippen LogP contribution in [0.25, 0.3) is 0 Å². The molecule has 0 saturated heterocycles. The molecule has 0 unspecified atom stereocenters. The molecule has 23 heavy (non-hydrogen) atoms. The number of carbonyl (C=O) groups is 2. The molecule has 0 radical (unpaired) electrons. The maximum Gasteiger partial charge on any atom is 0.274 e. The van der Waals surface area contributed by atoms with E-state index in [0.29, 0.717) is 6.54 Å². The van der Waals surface area contributed by atoms with Crippen LogP contribution in [0.3, 0.4) is 0 Å². The Hall–Kier alpha value is -2.77. The van der Waals surface area contributed by atoms with E-state index in [0.717, 1.165) is 18.5 Å². The highest BCUT2D eigenvalue weighted by atomic mass is 16.2. The first-order chi connectivity index (χ1) is 11.2. The van der Waals surface area contributed by atoms with Crippen molar-refractivity contribution < 1.29 is 9.59 Å². The lowest BCUT2D eigenvalue weighted by Gasteiger charge is -2.32. The third-order valence-corrected chi connectivity index (χ3v) is 4.09. The maximum atomic E-state index is 12.6. The van der Waals surface area contributed by atoms with Gasteiger partial charge in [-0.05, 0) is 18.9 Å². The molecule has 2 aliphatic rings. The SMILES string of the molecule is O=C(NC1CC1)[C@@H]1CN(C(=O)c2cnccn2)Cc2ccnn21. The van der Waals surface area contributed by atoms with E-state index in [4.69, 9.17) is 0 Å². The number of rotatable bonds is 3. The van der Waals surface area contributed by atoms with Gasteiger partial charge in [0.05, 0.1) is 25.0 Å². The van der Waals surface area contributed by atoms with Crippen LogP contribution in [0.2, 0.25) is 0 Å². The van der Waals surface area contributed by atoms with E-state index in [1.54, 1.807) is 15.8 Å². The number of nitrogens with one attached hydrogen (secondary N) is 1. The molecule has 1 aliphatic heterocycles. The lowest BCUT2D eigenvalue weighted by atomic mass is 10.1. The summed E-state index contributed by atoms with van der Waals surface area (Å²) < 4.78 is 1.71. The maximum absolute atomic E-state index is 12.6. The number of amides is 2. The topological polar surface area (TPSA) is 93.0 Å². The van der Waals surface area contributed by atoms with Crippen LogP contribution in [-0.4, -0.2) is 49.0 Å². The van der Waals surface area contributed by atoms with E-state index < -0.39 is 6.04 Å². The number of hydrogen-bond acceptors (Lipinski definition) is 5. The molecule has 118 valence electrons. The number of nitrogens with zero attached hydrogens (tertiary/aromatic N) is 5. The van der Waals surface area contributed by atoms with Crippen molar-refractivity contribution in [3.05, 3.63) is 42.2 Å². The smallest absolute Gasteiger partial charge is 0.274 e. The molecule has 1 aliphatic carbocycles. The predicted molar refractivity (Wildman–Crippen MR) is 79.2 cm³/mol. The molecule has 0 aromatic carbocycles. The third-order valence-electron chi connectivity index (χ3n) is 4.09. The summed E-state index contributed by atoms with van der Waals surface area (Å²) in [4.78, 5) is 34.7. The van der Waals surface area contributed by atoms with Gasteiger partial charge in [-0.15, -0.1) is 0 Å². The Bertz CT molecular complexity index is 739. The zero-order valence-electron chi connectivity index (χ0n) is 12.4. The minimum Gasteiger partial charge on any atom is -0.351 e. The van der Waals surface area contributed by atoms with Crippen LogP contribution in [0.15, 0.2) is 30.9 Å². The molecule has 2 aromatic rings. The van der Waals surface area contributed by atoms with Gasteiger partial charge in [-0.25, -0.2) is 4.98 Å². The molecule has 0 spiro atoms. The van der Waals surface area contributed by atoms with E-state index in [9.17, 15) is 9.59 Å². The first-order valence-corrected chi connectivity index (χ1v) is 7.60. The van der Waals surface area contributed by atoms with E-state index in [-0.39, 0.29) is 30.1 Å². The van der Waals surface area contributed by atoms with Crippen LogP contribution in [0.1, 0.15) is 35.1 Å². The molecule has 4 rings (SSSR count). The summed E-state index contributed by atoms with van der Waals surface area (Å²) in [7, 11) is 0. The van der Waals surface area contributed by atoms with Gasteiger partial charge in [0.1, 0.15) is 11.7 Å².